The molecule has 0 fully saturated rings. The normalized spacial score (nSPS) is 17.8. The van der Waals surface area contributed by atoms with Gasteiger partial charge in [-0.2, -0.15) is 22.6 Å². The highest BCUT2D eigenvalue weighted by molar-refractivity contribution is 7.88. The van der Waals surface area contributed by atoms with Crippen molar-refractivity contribution in [3.8, 4) is 0 Å². The van der Waals surface area contributed by atoms with E-state index in [1.54, 1.807) is 0 Å². The van der Waals surface area contributed by atoms with Gasteiger partial charge in [0.15, 0.2) is 5.69 Å². The molecule has 0 bridgehead atoms. The lowest BCUT2D eigenvalue weighted by molar-refractivity contribution is -0.142. The summed E-state index contributed by atoms with van der Waals surface area (Å²) in [5, 5.41) is 3.45. The second-order valence-corrected chi connectivity index (χ2v) is 6.22. The Morgan fingerprint density at radius 3 is 2.44 bits per heavy atom. The summed E-state index contributed by atoms with van der Waals surface area (Å²) in [7, 11) is -2.06. The smallest absolute Gasteiger partial charge is 0.272 e. The highest BCUT2D eigenvalue weighted by Crippen LogP contribution is 2.35. The van der Waals surface area contributed by atoms with Crippen LogP contribution in [0.15, 0.2) is 0 Å². The van der Waals surface area contributed by atoms with Crippen LogP contribution in [0.5, 0.6) is 0 Å². The predicted octanol–water partition coefficient (Wildman–Crippen LogP) is 0.757. The van der Waals surface area contributed by atoms with Crippen molar-refractivity contribution in [1.82, 2.24) is 14.1 Å². The third-order valence-electron chi connectivity index (χ3n) is 2.94. The number of aromatic nitrogens is 2. The van der Waals surface area contributed by atoms with Gasteiger partial charge in [-0.15, -0.1) is 0 Å². The van der Waals surface area contributed by atoms with Crippen LogP contribution in [-0.2, 0) is 36.2 Å². The van der Waals surface area contributed by atoms with E-state index in [1.807, 2.05) is 0 Å². The summed E-state index contributed by atoms with van der Waals surface area (Å²) >= 11 is 0. The molecule has 0 radical (unpaired) electrons. The summed E-state index contributed by atoms with van der Waals surface area (Å²) in [6.07, 6.45) is -3.34. The zero-order valence-corrected chi connectivity index (χ0v) is 10.6. The maximum absolute atomic E-state index is 12.8. The molecule has 1 aromatic rings. The average Bonchev–Trinajstić information content (AvgIpc) is 2.54. The van der Waals surface area contributed by atoms with E-state index in [1.165, 1.54) is 11.7 Å². The van der Waals surface area contributed by atoms with Gasteiger partial charge < -0.3 is 0 Å². The number of alkyl halides is 3. The molecule has 102 valence electrons. The van der Waals surface area contributed by atoms with Crippen molar-refractivity contribution in [2.45, 2.75) is 19.1 Å². The SMILES string of the molecule is Cn1nc(C(F)(F)F)c2c1CCN(S(C)(=O)=O)C2. The van der Waals surface area contributed by atoms with Crippen molar-refractivity contribution in [2.24, 2.45) is 7.05 Å². The van der Waals surface area contributed by atoms with Gasteiger partial charge in [-0.1, -0.05) is 0 Å². The third kappa shape index (κ3) is 2.24. The number of hydrogen-bond donors (Lipinski definition) is 0. The predicted molar refractivity (Wildman–Crippen MR) is 57.2 cm³/mol. The molecule has 18 heavy (non-hydrogen) atoms. The molecule has 5 nitrogen and oxygen atoms in total. The fourth-order valence-electron chi connectivity index (χ4n) is 2.08. The summed E-state index contributed by atoms with van der Waals surface area (Å²) < 4.78 is 63.3. The third-order valence-corrected chi connectivity index (χ3v) is 4.19. The van der Waals surface area contributed by atoms with E-state index in [0.29, 0.717) is 5.69 Å². The number of aryl methyl sites for hydroxylation is 1. The Labute approximate surface area is 102 Å². The lowest BCUT2D eigenvalue weighted by Gasteiger charge is -2.25. The summed E-state index contributed by atoms with van der Waals surface area (Å²) in [5.41, 5.74) is -0.586. The van der Waals surface area contributed by atoms with Crippen LogP contribution >= 0.6 is 0 Å². The molecule has 1 aromatic heterocycles. The van der Waals surface area contributed by atoms with Crippen LogP contribution in [0.4, 0.5) is 13.2 Å². The Bertz CT molecular complexity index is 577. The van der Waals surface area contributed by atoms with Crippen LogP contribution in [-0.4, -0.2) is 35.3 Å². The molecular formula is C9H12F3N3O2S. The van der Waals surface area contributed by atoms with Gasteiger partial charge >= 0.3 is 6.18 Å². The second-order valence-electron chi connectivity index (χ2n) is 4.24. The minimum atomic E-state index is -4.56. The van der Waals surface area contributed by atoms with Gasteiger partial charge in [-0.05, 0) is 0 Å². The Kier molecular flexibility index (Phi) is 2.93. The minimum Gasteiger partial charge on any atom is -0.272 e. The van der Waals surface area contributed by atoms with Gasteiger partial charge in [0.2, 0.25) is 10.0 Å². The van der Waals surface area contributed by atoms with E-state index in [9.17, 15) is 21.6 Å². The Hall–Kier alpha value is -1.09. The van der Waals surface area contributed by atoms with E-state index in [-0.39, 0.29) is 25.1 Å². The van der Waals surface area contributed by atoms with Crippen LogP contribution in [0.25, 0.3) is 0 Å². The standard InChI is InChI=1S/C9H12F3N3O2S/c1-14-7-3-4-15(18(2,16)17)5-6(7)8(13-14)9(10,11)12/h3-5H2,1-2H3. The molecular weight excluding hydrogens is 271 g/mol. The highest BCUT2D eigenvalue weighted by atomic mass is 32.2. The molecule has 0 N–H and O–H groups in total. The fraction of sp³-hybridized carbons (Fsp3) is 0.667. The van der Waals surface area contributed by atoms with Gasteiger partial charge in [-0.3, -0.25) is 4.68 Å². The largest absolute Gasteiger partial charge is 0.435 e. The zero-order chi connectivity index (χ0) is 13.7. The molecule has 0 unspecified atom stereocenters. The van der Waals surface area contributed by atoms with E-state index < -0.39 is 21.9 Å². The Morgan fingerprint density at radius 2 is 1.94 bits per heavy atom. The molecule has 1 aliphatic heterocycles. The first kappa shape index (κ1) is 13.3. The van der Waals surface area contributed by atoms with E-state index >= 15 is 0 Å². The number of hydrogen-bond acceptors (Lipinski definition) is 3. The first-order valence-electron chi connectivity index (χ1n) is 5.18. The van der Waals surface area contributed by atoms with Crippen molar-refractivity contribution < 1.29 is 21.6 Å². The first-order chi connectivity index (χ1) is 8.10. The number of halogens is 3. The Morgan fingerprint density at radius 1 is 1.33 bits per heavy atom. The lowest BCUT2D eigenvalue weighted by Crippen LogP contribution is -2.36. The quantitative estimate of drug-likeness (QED) is 0.764. The molecule has 1 aliphatic rings. The van der Waals surface area contributed by atoms with Crippen LogP contribution in [0.3, 0.4) is 0 Å². The van der Waals surface area contributed by atoms with E-state index in [0.717, 1.165) is 10.6 Å². The second kappa shape index (κ2) is 3.95. The molecule has 0 aliphatic carbocycles. The molecule has 0 saturated heterocycles. The number of nitrogens with zero attached hydrogens (tertiary/aromatic N) is 3. The maximum atomic E-state index is 12.8. The minimum absolute atomic E-state index is 0.0401. The summed E-state index contributed by atoms with van der Waals surface area (Å²) in [6.45, 7) is -0.0838. The van der Waals surface area contributed by atoms with Crippen molar-refractivity contribution in [3.63, 3.8) is 0 Å². The van der Waals surface area contributed by atoms with Crippen LogP contribution in [0.1, 0.15) is 17.0 Å². The summed E-state index contributed by atoms with van der Waals surface area (Å²) in [4.78, 5) is 0. The monoisotopic (exact) mass is 283 g/mol. The van der Waals surface area contributed by atoms with Gasteiger partial charge in [0.1, 0.15) is 0 Å². The van der Waals surface area contributed by atoms with Crippen molar-refractivity contribution in [1.29, 1.82) is 0 Å². The molecule has 0 spiro atoms. The lowest BCUT2D eigenvalue weighted by atomic mass is 10.1. The molecule has 0 saturated carbocycles. The number of fused-ring (bicyclic) bond motifs is 1. The number of sulfonamides is 1. The summed E-state index contributed by atoms with van der Waals surface area (Å²) in [5.74, 6) is 0. The van der Waals surface area contributed by atoms with E-state index in [4.69, 9.17) is 0 Å². The van der Waals surface area contributed by atoms with Gasteiger partial charge in [0, 0.05) is 37.8 Å². The molecule has 0 atom stereocenters. The van der Waals surface area contributed by atoms with Gasteiger partial charge in [0.05, 0.1) is 6.26 Å². The van der Waals surface area contributed by atoms with Crippen molar-refractivity contribution in [3.05, 3.63) is 17.0 Å². The van der Waals surface area contributed by atoms with Crippen molar-refractivity contribution in [2.75, 3.05) is 12.8 Å². The fourth-order valence-corrected chi connectivity index (χ4v) is 2.86. The molecule has 0 amide bonds. The Balaban J connectivity index is 2.48. The molecule has 9 heteroatoms. The summed E-state index contributed by atoms with van der Waals surface area (Å²) in [6, 6.07) is 0. The average molecular weight is 283 g/mol. The zero-order valence-electron chi connectivity index (χ0n) is 9.82. The van der Waals surface area contributed by atoms with Gasteiger partial charge in [-0.25, -0.2) is 8.42 Å². The topological polar surface area (TPSA) is 55.2 Å². The van der Waals surface area contributed by atoms with Crippen molar-refractivity contribution >= 4 is 10.0 Å². The number of rotatable bonds is 1. The molecule has 0 aromatic carbocycles. The highest BCUT2D eigenvalue weighted by Gasteiger charge is 2.41. The van der Waals surface area contributed by atoms with Crippen LogP contribution in [0, 0.1) is 0 Å². The molecule has 2 rings (SSSR count). The van der Waals surface area contributed by atoms with Crippen LogP contribution in [0.2, 0.25) is 0 Å². The molecule has 2 heterocycles. The first-order valence-corrected chi connectivity index (χ1v) is 7.02. The van der Waals surface area contributed by atoms with E-state index in [2.05, 4.69) is 5.10 Å². The maximum Gasteiger partial charge on any atom is 0.435 e. The van der Waals surface area contributed by atoms with Gasteiger partial charge in [0.25, 0.3) is 0 Å². The van der Waals surface area contributed by atoms with Crippen LogP contribution < -0.4 is 0 Å².